The molecule has 1 saturated carbocycles. The molecular weight excluding hydrogens is 140 g/mol. The Kier molecular flexibility index (Phi) is 1.99. The summed E-state index contributed by atoms with van der Waals surface area (Å²) in [6, 6.07) is 2.26. The summed E-state index contributed by atoms with van der Waals surface area (Å²) in [7, 11) is 1.62. The van der Waals surface area contributed by atoms with Gasteiger partial charge in [-0.25, -0.2) is 0 Å². The maximum absolute atomic E-state index is 8.67. The maximum atomic E-state index is 8.67. The fourth-order valence-electron chi connectivity index (χ4n) is 0.818. The van der Waals surface area contributed by atoms with Crippen LogP contribution in [0, 0.1) is 16.7 Å². The van der Waals surface area contributed by atoms with Gasteiger partial charge in [-0.05, 0) is 12.8 Å². The van der Waals surface area contributed by atoms with Crippen LogP contribution in [-0.4, -0.2) is 19.6 Å². The fraction of sp³-hybridized carbons (Fsp3) is 0.714. The molecular formula is C7H12N4. The molecule has 0 saturated heterocycles. The van der Waals surface area contributed by atoms with Crippen molar-refractivity contribution in [3.05, 3.63) is 0 Å². The van der Waals surface area contributed by atoms with Gasteiger partial charge in [0.1, 0.15) is 0 Å². The molecule has 1 rings (SSSR count). The van der Waals surface area contributed by atoms with Crippen molar-refractivity contribution in [1.82, 2.24) is 5.32 Å². The number of nitrogens with zero attached hydrogens (tertiary/aromatic N) is 2. The molecule has 0 radical (unpaired) electrons. The SMILES string of the molecule is CN=C(N)NCC1(C#N)CC1. The molecule has 4 nitrogen and oxygen atoms in total. The number of nitrogens with two attached hydrogens (primary N) is 1. The quantitative estimate of drug-likeness (QED) is 0.426. The Morgan fingerprint density at radius 3 is 2.82 bits per heavy atom. The van der Waals surface area contributed by atoms with Crippen molar-refractivity contribution in [2.24, 2.45) is 16.1 Å². The highest BCUT2D eigenvalue weighted by Gasteiger charge is 2.42. The number of rotatable bonds is 2. The van der Waals surface area contributed by atoms with E-state index < -0.39 is 0 Å². The van der Waals surface area contributed by atoms with Crippen LogP contribution in [0.1, 0.15) is 12.8 Å². The molecule has 3 N–H and O–H groups in total. The number of hydrogen-bond donors (Lipinski definition) is 2. The van der Waals surface area contributed by atoms with Gasteiger partial charge >= 0.3 is 0 Å². The third kappa shape index (κ3) is 1.84. The molecule has 0 bridgehead atoms. The van der Waals surface area contributed by atoms with Crippen LogP contribution in [0.4, 0.5) is 0 Å². The molecule has 1 fully saturated rings. The van der Waals surface area contributed by atoms with E-state index in [1.165, 1.54) is 0 Å². The number of aliphatic imine (C=N–C) groups is 1. The van der Waals surface area contributed by atoms with Crippen molar-refractivity contribution in [2.75, 3.05) is 13.6 Å². The monoisotopic (exact) mass is 152 g/mol. The van der Waals surface area contributed by atoms with E-state index in [0.717, 1.165) is 12.8 Å². The minimum atomic E-state index is -0.144. The van der Waals surface area contributed by atoms with E-state index in [1.807, 2.05) is 0 Å². The molecule has 60 valence electrons. The van der Waals surface area contributed by atoms with Crippen LogP contribution in [0.15, 0.2) is 4.99 Å². The molecule has 0 aromatic carbocycles. The first kappa shape index (κ1) is 7.86. The lowest BCUT2D eigenvalue weighted by Crippen LogP contribution is -2.35. The summed E-state index contributed by atoms with van der Waals surface area (Å²) >= 11 is 0. The van der Waals surface area contributed by atoms with Gasteiger partial charge in [0.2, 0.25) is 0 Å². The van der Waals surface area contributed by atoms with Crippen molar-refractivity contribution >= 4 is 5.96 Å². The average molecular weight is 152 g/mol. The predicted molar refractivity (Wildman–Crippen MR) is 42.8 cm³/mol. The van der Waals surface area contributed by atoms with Crippen LogP contribution in [0.5, 0.6) is 0 Å². The first-order valence-corrected chi connectivity index (χ1v) is 3.60. The van der Waals surface area contributed by atoms with Crippen LogP contribution in [0.2, 0.25) is 0 Å². The van der Waals surface area contributed by atoms with E-state index >= 15 is 0 Å². The Morgan fingerprint density at radius 2 is 2.45 bits per heavy atom. The number of nitrogens with one attached hydrogen (secondary N) is 1. The fourth-order valence-corrected chi connectivity index (χ4v) is 0.818. The smallest absolute Gasteiger partial charge is 0.188 e. The standard InChI is InChI=1S/C7H12N4/c1-10-6(9)11-5-7(4-8)2-3-7/h2-3,5H2,1H3,(H3,9,10,11). The summed E-state index contributed by atoms with van der Waals surface area (Å²) in [4.78, 5) is 3.73. The van der Waals surface area contributed by atoms with E-state index in [9.17, 15) is 0 Å². The molecule has 0 aliphatic heterocycles. The molecule has 1 aliphatic carbocycles. The van der Waals surface area contributed by atoms with Gasteiger partial charge in [-0.1, -0.05) is 0 Å². The van der Waals surface area contributed by atoms with Crippen LogP contribution in [0.25, 0.3) is 0 Å². The molecule has 0 unspecified atom stereocenters. The van der Waals surface area contributed by atoms with E-state index in [1.54, 1.807) is 7.05 Å². The molecule has 4 heteroatoms. The average Bonchev–Trinajstić information content (AvgIpc) is 2.81. The predicted octanol–water partition coefficient (Wildman–Crippen LogP) is -0.176. The van der Waals surface area contributed by atoms with Crippen LogP contribution >= 0.6 is 0 Å². The lowest BCUT2D eigenvalue weighted by atomic mass is 10.1. The summed E-state index contributed by atoms with van der Waals surface area (Å²) in [5.74, 6) is 0.409. The molecule has 0 amide bonds. The third-order valence-corrected chi connectivity index (χ3v) is 1.94. The van der Waals surface area contributed by atoms with E-state index in [2.05, 4.69) is 16.4 Å². The number of hydrogen-bond acceptors (Lipinski definition) is 2. The van der Waals surface area contributed by atoms with Crippen molar-refractivity contribution in [3.8, 4) is 6.07 Å². The van der Waals surface area contributed by atoms with Crippen molar-refractivity contribution in [1.29, 1.82) is 5.26 Å². The van der Waals surface area contributed by atoms with Crippen molar-refractivity contribution in [2.45, 2.75) is 12.8 Å². The highest BCUT2D eigenvalue weighted by atomic mass is 15.1. The number of nitriles is 1. The zero-order valence-electron chi connectivity index (χ0n) is 6.59. The Morgan fingerprint density at radius 1 is 1.82 bits per heavy atom. The van der Waals surface area contributed by atoms with Crippen molar-refractivity contribution < 1.29 is 0 Å². The van der Waals surface area contributed by atoms with E-state index in [-0.39, 0.29) is 5.41 Å². The van der Waals surface area contributed by atoms with Gasteiger partial charge in [0, 0.05) is 13.6 Å². The minimum absolute atomic E-state index is 0.144. The zero-order valence-corrected chi connectivity index (χ0v) is 6.59. The van der Waals surface area contributed by atoms with Crippen LogP contribution in [0.3, 0.4) is 0 Å². The highest BCUT2D eigenvalue weighted by Crippen LogP contribution is 2.43. The first-order valence-electron chi connectivity index (χ1n) is 3.60. The summed E-state index contributed by atoms with van der Waals surface area (Å²) in [5.41, 5.74) is 5.25. The molecule has 0 spiro atoms. The molecule has 0 heterocycles. The second kappa shape index (κ2) is 2.79. The van der Waals surface area contributed by atoms with Gasteiger partial charge in [0.15, 0.2) is 5.96 Å². The molecule has 0 atom stereocenters. The van der Waals surface area contributed by atoms with Crippen LogP contribution < -0.4 is 11.1 Å². The summed E-state index contributed by atoms with van der Waals surface area (Å²) in [6.45, 7) is 0.632. The Bertz CT molecular complexity index is 209. The number of guanidine groups is 1. The lowest BCUT2D eigenvalue weighted by molar-refractivity contribution is 0.636. The van der Waals surface area contributed by atoms with Gasteiger partial charge in [-0.3, -0.25) is 4.99 Å². The summed E-state index contributed by atoms with van der Waals surface area (Å²) < 4.78 is 0. The van der Waals surface area contributed by atoms with Gasteiger partial charge in [0.25, 0.3) is 0 Å². The van der Waals surface area contributed by atoms with Crippen molar-refractivity contribution in [3.63, 3.8) is 0 Å². The van der Waals surface area contributed by atoms with Gasteiger partial charge in [0.05, 0.1) is 11.5 Å². The molecule has 11 heavy (non-hydrogen) atoms. The largest absolute Gasteiger partial charge is 0.370 e. The Hall–Kier alpha value is -1.24. The Labute approximate surface area is 66.1 Å². The topological polar surface area (TPSA) is 74.2 Å². The normalized spacial score (nSPS) is 20.5. The second-order valence-electron chi connectivity index (χ2n) is 2.85. The van der Waals surface area contributed by atoms with Gasteiger partial charge in [-0.15, -0.1) is 0 Å². The lowest BCUT2D eigenvalue weighted by Gasteiger charge is -2.06. The second-order valence-corrected chi connectivity index (χ2v) is 2.85. The first-order chi connectivity index (χ1) is 5.22. The van der Waals surface area contributed by atoms with Gasteiger partial charge < -0.3 is 11.1 Å². The zero-order chi connectivity index (χ0) is 8.32. The van der Waals surface area contributed by atoms with E-state index in [4.69, 9.17) is 11.0 Å². The molecule has 1 aliphatic rings. The van der Waals surface area contributed by atoms with Crippen LogP contribution in [-0.2, 0) is 0 Å². The molecule has 0 aromatic rings. The third-order valence-electron chi connectivity index (χ3n) is 1.94. The highest BCUT2D eigenvalue weighted by molar-refractivity contribution is 5.77. The maximum Gasteiger partial charge on any atom is 0.188 e. The van der Waals surface area contributed by atoms with Gasteiger partial charge in [-0.2, -0.15) is 5.26 Å². The summed E-state index contributed by atoms with van der Waals surface area (Å²) in [5, 5.41) is 11.6. The summed E-state index contributed by atoms with van der Waals surface area (Å²) in [6.07, 6.45) is 1.96. The molecule has 0 aromatic heterocycles. The minimum Gasteiger partial charge on any atom is -0.370 e. The van der Waals surface area contributed by atoms with E-state index in [0.29, 0.717) is 12.5 Å². The Balaban J connectivity index is 2.29.